The van der Waals surface area contributed by atoms with Gasteiger partial charge in [-0.15, -0.1) is 0 Å². The average Bonchev–Trinajstić information content (AvgIpc) is 2.37. The van der Waals surface area contributed by atoms with Crippen molar-refractivity contribution in [2.24, 2.45) is 5.73 Å². The first-order valence-electron chi connectivity index (χ1n) is 5.83. The van der Waals surface area contributed by atoms with Gasteiger partial charge in [0, 0.05) is 12.1 Å². The van der Waals surface area contributed by atoms with E-state index in [2.05, 4.69) is 5.32 Å². The summed E-state index contributed by atoms with van der Waals surface area (Å²) in [5.74, 6) is 0.403. The number of benzene rings is 1. The summed E-state index contributed by atoms with van der Waals surface area (Å²) in [6.07, 6.45) is 0.576. The van der Waals surface area contributed by atoms with Gasteiger partial charge >= 0.3 is 0 Å². The lowest BCUT2D eigenvalue weighted by Crippen LogP contribution is -2.52. The molecule has 1 aromatic rings. The maximum absolute atomic E-state index is 11.4. The van der Waals surface area contributed by atoms with Gasteiger partial charge in [0.2, 0.25) is 5.91 Å². The van der Waals surface area contributed by atoms with Crippen LogP contribution in [0.5, 0.6) is 11.5 Å². The molecule has 0 aromatic heterocycles. The molecule has 0 aliphatic carbocycles. The van der Waals surface area contributed by atoms with E-state index in [-0.39, 0.29) is 5.75 Å². The number of primary amides is 1. The molecule has 5 heteroatoms. The van der Waals surface area contributed by atoms with Crippen LogP contribution in [0.4, 0.5) is 0 Å². The van der Waals surface area contributed by atoms with Crippen molar-refractivity contribution >= 4 is 5.91 Å². The number of phenolic OH excluding ortho intramolecular Hbond substituents is 1. The van der Waals surface area contributed by atoms with Gasteiger partial charge in [0.25, 0.3) is 0 Å². The number of carbonyl (C=O) groups excluding carboxylic acids is 1. The van der Waals surface area contributed by atoms with Crippen molar-refractivity contribution in [3.63, 3.8) is 0 Å². The maximum Gasteiger partial charge on any atom is 0.237 e. The zero-order chi connectivity index (χ0) is 13.8. The van der Waals surface area contributed by atoms with Crippen LogP contribution in [0, 0.1) is 0 Å². The molecule has 5 nitrogen and oxygen atoms in total. The Hall–Kier alpha value is -1.75. The summed E-state index contributed by atoms with van der Waals surface area (Å²) in [6.45, 7) is 3.96. The molecule has 0 aliphatic heterocycles. The van der Waals surface area contributed by atoms with Crippen molar-refractivity contribution in [3.8, 4) is 11.5 Å². The zero-order valence-electron chi connectivity index (χ0n) is 11.0. The first-order chi connectivity index (χ1) is 8.42. The number of methoxy groups -OCH3 is 1. The molecule has 1 rings (SSSR count). The number of nitrogens with two attached hydrogens (primary N) is 1. The molecule has 0 saturated heterocycles. The van der Waals surface area contributed by atoms with Crippen LogP contribution >= 0.6 is 0 Å². The Morgan fingerprint density at radius 3 is 2.72 bits per heavy atom. The van der Waals surface area contributed by atoms with E-state index in [1.165, 1.54) is 0 Å². The molecule has 1 atom stereocenters. The van der Waals surface area contributed by atoms with Crippen LogP contribution in [0.1, 0.15) is 25.8 Å². The highest BCUT2D eigenvalue weighted by molar-refractivity contribution is 5.84. The van der Waals surface area contributed by atoms with E-state index in [1.807, 2.05) is 6.92 Å². The van der Waals surface area contributed by atoms with E-state index in [4.69, 9.17) is 10.5 Å². The van der Waals surface area contributed by atoms with Crippen LogP contribution in [0.15, 0.2) is 18.2 Å². The second-order valence-corrected chi connectivity index (χ2v) is 4.40. The van der Waals surface area contributed by atoms with E-state index in [0.29, 0.717) is 24.3 Å². The number of nitrogens with one attached hydrogen (secondary N) is 1. The summed E-state index contributed by atoms with van der Waals surface area (Å²) in [7, 11) is 1.56. The topological polar surface area (TPSA) is 84.6 Å². The first-order valence-corrected chi connectivity index (χ1v) is 5.83. The van der Waals surface area contributed by atoms with E-state index >= 15 is 0 Å². The van der Waals surface area contributed by atoms with Gasteiger partial charge in [0.15, 0.2) is 0 Å². The molecule has 0 fully saturated rings. The van der Waals surface area contributed by atoms with Gasteiger partial charge in [-0.1, -0.05) is 6.92 Å². The number of aromatic hydroxyl groups is 1. The number of hydrogen-bond donors (Lipinski definition) is 3. The SMILES string of the molecule is CCC(C)(NCc1cc(OC)ccc1O)C(N)=O. The third-order valence-electron chi connectivity index (χ3n) is 3.21. The van der Waals surface area contributed by atoms with Gasteiger partial charge in [-0.3, -0.25) is 10.1 Å². The van der Waals surface area contributed by atoms with Crippen LogP contribution < -0.4 is 15.8 Å². The number of phenols is 1. The lowest BCUT2D eigenvalue weighted by molar-refractivity contribution is -0.124. The summed E-state index contributed by atoms with van der Waals surface area (Å²) < 4.78 is 5.09. The summed E-state index contributed by atoms with van der Waals surface area (Å²) in [6, 6.07) is 4.95. The summed E-state index contributed by atoms with van der Waals surface area (Å²) >= 11 is 0. The lowest BCUT2D eigenvalue weighted by Gasteiger charge is -2.26. The van der Waals surface area contributed by atoms with Crippen molar-refractivity contribution in [1.29, 1.82) is 0 Å². The molecule has 1 unspecified atom stereocenters. The minimum absolute atomic E-state index is 0.159. The number of carbonyl (C=O) groups is 1. The third-order valence-corrected chi connectivity index (χ3v) is 3.21. The van der Waals surface area contributed by atoms with E-state index < -0.39 is 11.4 Å². The van der Waals surface area contributed by atoms with Crippen LogP contribution in [-0.4, -0.2) is 23.7 Å². The lowest BCUT2D eigenvalue weighted by atomic mass is 9.97. The van der Waals surface area contributed by atoms with Crippen molar-refractivity contribution in [3.05, 3.63) is 23.8 Å². The fraction of sp³-hybridized carbons (Fsp3) is 0.462. The third kappa shape index (κ3) is 3.13. The van der Waals surface area contributed by atoms with Gasteiger partial charge in [-0.25, -0.2) is 0 Å². The predicted octanol–water partition coefficient (Wildman–Crippen LogP) is 1.14. The molecule has 1 aromatic carbocycles. The molecule has 4 N–H and O–H groups in total. The second-order valence-electron chi connectivity index (χ2n) is 4.40. The monoisotopic (exact) mass is 252 g/mol. The molecule has 0 saturated carbocycles. The number of rotatable bonds is 6. The Balaban J connectivity index is 2.82. The van der Waals surface area contributed by atoms with E-state index in [1.54, 1.807) is 32.2 Å². The molecule has 0 aliphatic rings. The van der Waals surface area contributed by atoms with Crippen LogP contribution in [0.2, 0.25) is 0 Å². The smallest absolute Gasteiger partial charge is 0.237 e. The first kappa shape index (κ1) is 14.3. The van der Waals surface area contributed by atoms with Crippen molar-refractivity contribution in [1.82, 2.24) is 5.32 Å². The number of ether oxygens (including phenoxy) is 1. The van der Waals surface area contributed by atoms with Gasteiger partial charge in [0.1, 0.15) is 11.5 Å². The van der Waals surface area contributed by atoms with Gasteiger partial charge in [0.05, 0.1) is 12.6 Å². The predicted molar refractivity (Wildman–Crippen MR) is 69.4 cm³/mol. The quantitative estimate of drug-likeness (QED) is 0.709. The number of amides is 1. The molecular formula is C13H20N2O3. The van der Waals surface area contributed by atoms with Crippen molar-refractivity contribution < 1.29 is 14.6 Å². The Kier molecular flexibility index (Phi) is 4.55. The van der Waals surface area contributed by atoms with E-state index in [0.717, 1.165) is 0 Å². The van der Waals surface area contributed by atoms with Crippen LogP contribution in [-0.2, 0) is 11.3 Å². The number of hydrogen-bond acceptors (Lipinski definition) is 4. The van der Waals surface area contributed by atoms with Crippen molar-refractivity contribution in [2.45, 2.75) is 32.4 Å². The standard InChI is InChI=1S/C13H20N2O3/c1-4-13(2,12(14)17)15-8-9-7-10(18-3)5-6-11(9)16/h5-7,15-16H,4,8H2,1-3H3,(H2,14,17). The molecule has 0 spiro atoms. The molecule has 1 amide bonds. The minimum atomic E-state index is -0.782. The highest BCUT2D eigenvalue weighted by Crippen LogP contribution is 2.23. The van der Waals surface area contributed by atoms with Gasteiger partial charge < -0.3 is 15.6 Å². The molecule has 0 heterocycles. The Morgan fingerprint density at radius 1 is 1.56 bits per heavy atom. The maximum atomic E-state index is 11.4. The normalized spacial score (nSPS) is 13.9. The van der Waals surface area contributed by atoms with Crippen molar-refractivity contribution in [2.75, 3.05) is 7.11 Å². The average molecular weight is 252 g/mol. The molecule has 0 bridgehead atoms. The summed E-state index contributed by atoms with van der Waals surface area (Å²) in [4.78, 5) is 11.4. The second kappa shape index (κ2) is 5.73. The van der Waals surface area contributed by atoms with Gasteiger partial charge in [-0.05, 0) is 31.5 Å². The Morgan fingerprint density at radius 2 is 2.22 bits per heavy atom. The minimum Gasteiger partial charge on any atom is -0.508 e. The molecule has 18 heavy (non-hydrogen) atoms. The van der Waals surface area contributed by atoms with E-state index in [9.17, 15) is 9.90 Å². The fourth-order valence-corrected chi connectivity index (χ4v) is 1.51. The highest BCUT2D eigenvalue weighted by atomic mass is 16.5. The Bertz CT molecular complexity index is 434. The van der Waals surface area contributed by atoms with Crippen LogP contribution in [0.3, 0.4) is 0 Å². The molecular weight excluding hydrogens is 232 g/mol. The molecule has 0 radical (unpaired) electrons. The van der Waals surface area contributed by atoms with Crippen LogP contribution in [0.25, 0.3) is 0 Å². The highest BCUT2D eigenvalue weighted by Gasteiger charge is 2.28. The summed E-state index contributed by atoms with van der Waals surface area (Å²) in [5.41, 5.74) is 5.23. The Labute approximate surface area is 107 Å². The molecule has 100 valence electrons. The summed E-state index contributed by atoms with van der Waals surface area (Å²) in [5, 5.41) is 12.8. The van der Waals surface area contributed by atoms with Gasteiger partial charge in [-0.2, -0.15) is 0 Å². The largest absolute Gasteiger partial charge is 0.508 e. The fourth-order valence-electron chi connectivity index (χ4n) is 1.51. The zero-order valence-corrected chi connectivity index (χ0v) is 11.0.